The number of para-hydroxylation sites is 1. The number of benzene rings is 1. The predicted octanol–water partition coefficient (Wildman–Crippen LogP) is 2.42. The fraction of sp³-hybridized carbons (Fsp3) is 0.267. The Balaban J connectivity index is 2.29. The number of nitrogens with two attached hydrogens (primary N) is 1. The van der Waals surface area contributed by atoms with Gasteiger partial charge >= 0.3 is 0 Å². The first-order valence-corrected chi connectivity index (χ1v) is 6.98. The summed E-state index contributed by atoms with van der Waals surface area (Å²) in [5.74, 6) is -0.194. The van der Waals surface area contributed by atoms with Crippen LogP contribution in [-0.4, -0.2) is 21.9 Å². The molecule has 1 amide bonds. The summed E-state index contributed by atoms with van der Waals surface area (Å²) in [6.45, 7) is 2.02. The Morgan fingerprint density at radius 1 is 1.40 bits per heavy atom. The van der Waals surface area contributed by atoms with E-state index in [4.69, 9.17) is 18.0 Å². The van der Waals surface area contributed by atoms with Crippen LogP contribution in [-0.2, 0) is 0 Å². The van der Waals surface area contributed by atoms with Gasteiger partial charge in [-0.15, -0.1) is 0 Å². The van der Waals surface area contributed by atoms with Crippen LogP contribution in [0.4, 0.5) is 0 Å². The van der Waals surface area contributed by atoms with Crippen LogP contribution >= 0.6 is 12.2 Å². The molecule has 20 heavy (non-hydrogen) atoms. The molecule has 1 heterocycles. The number of hydrogen-bond acceptors (Lipinski definition) is 3. The third kappa shape index (κ3) is 3.11. The van der Waals surface area contributed by atoms with Crippen LogP contribution in [0.2, 0.25) is 0 Å². The second kappa shape index (κ2) is 6.43. The topological polar surface area (TPSA) is 68.0 Å². The molecule has 1 unspecified atom stereocenters. The number of thiocarbonyl (C=S) groups is 1. The monoisotopic (exact) mass is 287 g/mol. The SMILES string of the molecule is CCCC(NC(=O)c1cccc2cccnc12)C(N)=S. The Morgan fingerprint density at radius 2 is 2.15 bits per heavy atom. The lowest BCUT2D eigenvalue weighted by Crippen LogP contribution is -2.43. The van der Waals surface area contributed by atoms with Crippen LogP contribution in [0.15, 0.2) is 36.5 Å². The minimum Gasteiger partial charge on any atom is -0.392 e. The highest BCUT2D eigenvalue weighted by atomic mass is 32.1. The Kier molecular flexibility index (Phi) is 4.63. The van der Waals surface area contributed by atoms with Gasteiger partial charge in [0.05, 0.1) is 22.1 Å². The maximum atomic E-state index is 12.4. The smallest absolute Gasteiger partial charge is 0.254 e. The van der Waals surface area contributed by atoms with Gasteiger partial charge < -0.3 is 11.1 Å². The molecule has 0 aliphatic carbocycles. The number of aromatic nitrogens is 1. The molecule has 3 N–H and O–H groups in total. The highest BCUT2D eigenvalue weighted by Gasteiger charge is 2.17. The van der Waals surface area contributed by atoms with Crippen LogP contribution in [0.3, 0.4) is 0 Å². The number of pyridine rings is 1. The number of carbonyl (C=O) groups is 1. The van der Waals surface area contributed by atoms with Gasteiger partial charge in [-0.2, -0.15) is 0 Å². The van der Waals surface area contributed by atoms with Crippen molar-refractivity contribution in [3.63, 3.8) is 0 Å². The molecule has 1 atom stereocenters. The number of nitrogens with zero attached hydrogens (tertiary/aromatic N) is 1. The van der Waals surface area contributed by atoms with Gasteiger partial charge in [0.1, 0.15) is 0 Å². The molecule has 4 nitrogen and oxygen atoms in total. The van der Waals surface area contributed by atoms with Gasteiger partial charge in [-0.05, 0) is 18.6 Å². The molecule has 0 fully saturated rings. The molecule has 0 aliphatic heterocycles. The van der Waals surface area contributed by atoms with Crippen LogP contribution < -0.4 is 11.1 Å². The van der Waals surface area contributed by atoms with Crippen LogP contribution in [0.5, 0.6) is 0 Å². The summed E-state index contributed by atoms with van der Waals surface area (Å²) in [5.41, 5.74) is 6.89. The van der Waals surface area contributed by atoms with Crippen LogP contribution in [0.1, 0.15) is 30.1 Å². The quantitative estimate of drug-likeness (QED) is 0.829. The van der Waals surface area contributed by atoms with Crippen LogP contribution in [0.25, 0.3) is 10.9 Å². The first-order valence-electron chi connectivity index (χ1n) is 6.57. The summed E-state index contributed by atoms with van der Waals surface area (Å²) in [4.78, 5) is 17.0. The maximum absolute atomic E-state index is 12.4. The van der Waals surface area contributed by atoms with E-state index in [-0.39, 0.29) is 11.9 Å². The van der Waals surface area contributed by atoms with Crippen molar-refractivity contribution < 1.29 is 4.79 Å². The summed E-state index contributed by atoms with van der Waals surface area (Å²) in [6, 6.07) is 9.02. The summed E-state index contributed by atoms with van der Waals surface area (Å²) in [7, 11) is 0. The maximum Gasteiger partial charge on any atom is 0.254 e. The molecule has 0 bridgehead atoms. The third-order valence-corrected chi connectivity index (χ3v) is 3.39. The molecule has 0 aliphatic rings. The van der Waals surface area contributed by atoms with Crippen molar-refractivity contribution in [1.29, 1.82) is 0 Å². The van der Waals surface area contributed by atoms with Crippen molar-refractivity contribution in [2.24, 2.45) is 5.73 Å². The second-order valence-corrected chi connectivity index (χ2v) is 5.07. The third-order valence-electron chi connectivity index (χ3n) is 3.10. The number of carbonyl (C=O) groups excluding carboxylic acids is 1. The standard InChI is InChI=1S/C15H17N3OS/c1-2-5-12(14(16)20)18-15(19)11-8-3-6-10-7-4-9-17-13(10)11/h3-4,6-9,12H,2,5H2,1H3,(H2,16,20)(H,18,19). The van der Waals surface area contributed by atoms with E-state index in [0.29, 0.717) is 16.1 Å². The van der Waals surface area contributed by atoms with Crippen molar-refractivity contribution >= 4 is 34.0 Å². The Morgan fingerprint density at radius 3 is 2.85 bits per heavy atom. The van der Waals surface area contributed by atoms with E-state index in [1.165, 1.54) is 0 Å². The predicted molar refractivity (Wildman–Crippen MR) is 84.7 cm³/mol. The average Bonchev–Trinajstić information content (AvgIpc) is 2.46. The molecule has 104 valence electrons. The van der Waals surface area contributed by atoms with Crippen molar-refractivity contribution in [2.75, 3.05) is 0 Å². The molecular formula is C15H17N3OS. The summed E-state index contributed by atoms with van der Waals surface area (Å²) in [5, 5.41) is 3.81. The van der Waals surface area contributed by atoms with Crippen molar-refractivity contribution in [3.8, 4) is 0 Å². The molecule has 0 spiro atoms. The highest BCUT2D eigenvalue weighted by Crippen LogP contribution is 2.16. The molecule has 2 aromatic rings. The number of amides is 1. The second-order valence-electron chi connectivity index (χ2n) is 4.60. The van der Waals surface area contributed by atoms with E-state index in [2.05, 4.69) is 10.3 Å². The zero-order valence-corrected chi connectivity index (χ0v) is 12.1. The molecule has 1 aromatic carbocycles. The van der Waals surface area contributed by atoms with E-state index in [9.17, 15) is 4.79 Å². The van der Waals surface area contributed by atoms with Crippen molar-refractivity contribution in [3.05, 3.63) is 42.1 Å². The highest BCUT2D eigenvalue weighted by molar-refractivity contribution is 7.80. The molecule has 5 heteroatoms. The van der Waals surface area contributed by atoms with E-state index in [1.54, 1.807) is 12.3 Å². The molecule has 0 radical (unpaired) electrons. The molecule has 0 saturated carbocycles. The number of hydrogen-bond donors (Lipinski definition) is 2. The zero-order valence-electron chi connectivity index (χ0n) is 11.3. The van der Waals surface area contributed by atoms with E-state index in [1.807, 2.05) is 31.2 Å². The number of fused-ring (bicyclic) bond motifs is 1. The molecule has 0 saturated heterocycles. The average molecular weight is 287 g/mol. The Labute approximate surface area is 123 Å². The van der Waals surface area contributed by atoms with Gasteiger partial charge in [-0.25, -0.2) is 0 Å². The van der Waals surface area contributed by atoms with Crippen molar-refractivity contribution in [2.45, 2.75) is 25.8 Å². The van der Waals surface area contributed by atoms with E-state index >= 15 is 0 Å². The minimum atomic E-state index is -0.276. The summed E-state index contributed by atoms with van der Waals surface area (Å²) < 4.78 is 0. The Hall–Kier alpha value is -2.01. The first-order chi connectivity index (χ1) is 9.63. The van der Waals surface area contributed by atoms with Gasteiger partial charge in [-0.1, -0.05) is 43.8 Å². The fourth-order valence-electron chi connectivity index (χ4n) is 2.10. The normalized spacial score (nSPS) is 12.1. The molecule has 1 aromatic heterocycles. The zero-order chi connectivity index (χ0) is 14.5. The minimum absolute atomic E-state index is 0.194. The Bertz CT molecular complexity index is 637. The lowest BCUT2D eigenvalue weighted by Gasteiger charge is -2.17. The lowest BCUT2D eigenvalue weighted by molar-refractivity contribution is 0.0947. The summed E-state index contributed by atoms with van der Waals surface area (Å²) in [6.07, 6.45) is 3.31. The molecule has 2 rings (SSSR count). The lowest BCUT2D eigenvalue weighted by atomic mass is 10.1. The number of rotatable bonds is 5. The van der Waals surface area contributed by atoms with Crippen molar-refractivity contribution in [1.82, 2.24) is 10.3 Å². The largest absolute Gasteiger partial charge is 0.392 e. The van der Waals surface area contributed by atoms with Gasteiger partial charge in [-0.3, -0.25) is 9.78 Å². The number of nitrogens with one attached hydrogen (secondary N) is 1. The van der Waals surface area contributed by atoms with E-state index < -0.39 is 0 Å². The summed E-state index contributed by atoms with van der Waals surface area (Å²) >= 11 is 4.99. The van der Waals surface area contributed by atoms with Gasteiger partial charge in [0.2, 0.25) is 0 Å². The van der Waals surface area contributed by atoms with Gasteiger partial charge in [0, 0.05) is 11.6 Å². The fourth-order valence-corrected chi connectivity index (χ4v) is 2.27. The van der Waals surface area contributed by atoms with Crippen LogP contribution in [0, 0.1) is 0 Å². The molecular weight excluding hydrogens is 270 g/mol. The van der Waals surface area contributed by atoms with Gasteiger partial charge in [0.25, 0.3) is 5.91 Å². The van der Waals surface area contributed by atoms with Gasteiger partial charge in [0.15, 0.2) is 0 Å². The first kappa shape index (κ1) is 14.4. The van der Waals surface area contributed by atoms with E-state index in [0.717, 1.165) is 18.2 Å².